The van der Waals surface area contributed by atoms with Crippen molar-refractivity contribution in [2.75, 3.05) is 6.54 Å². The second-order valence-electron chi connectivity index (χ2n) is 4.48. The highest BCUT2D eigenvalue weighted by Crippen LogP contribution is 2.21. The number of hydrogen-bond acceptors (Lipinski definition) is 3. The zero-order chi connectivity index (χ0) is 13.0. The van der Waals surface area contributed by atoms with Crippen LogP contribution in [0.2, 0.25) is 0 Å². The fourth-order valence-electron chi connectivity index (χ4n) is 1.99. The van der Waals surface area contributed by atoms with Crippen molar-refractivity contribution in [3.63, 3.8) is 0 Å². The number of nitrogens with one attached hydrogen (secondary N) is 1. The van der Waals surface area contributed by atoms with Gasteiger partial charge in [-0.3, -0.25) is 9.97 Å². The van der Waals surface area contributed by atoms with Gasteiger partial charge in [0.05, 0.1) is 5.69 Å². The fourth-order valence-corrected chi connectivity index (χ4v) is 1.99. The summed E-state index contributed by atoms with van der Waals surface area (Å²) in [6.45, 7) is 8.06. The van der Waals surface area contributed by atoms with Crippen LogP contribution < -0.4 is 5.32 Å². The zero-order valence-electron chi connectivity index (χ0n) is 11.2. The highest BCUT2D eigenvalue weighted by molar-refractivity contribution is 5.62. The number of pyridine rings is 2. The third-order valence-corrected chi connectivity index (χ3v) is 2.88. The molecule has 0 amide bonds. The Morgan fingerprint density at radius 3 is 2.67 bits per heavy atom. The molecule has 0 fully saturated rings. The Hall–Kier alpha value is -1.74. The summed E-state index contributed by atoms with van der Waals surface area (Å²) in [5.41, 5.74) is 5.63. The van der Waals surface area contributed by atoms with E-state index in [1.54, 1.807) is 0 Å². The van der Waals surface area contributed by atoms with Gasteiger partial charge in [-0.05, 0) is 43.7 Å². The first-order valence-electron chi connectivity index (χ1n) is 6.30. The summed E-state index contributed by atoms with van der Waals surface area (Å²) in [7, 11) is 0. The number of hydrogen-bond donors (Lipinski definition) is 1. The third kappa shape index (κ3) is 2.93. The maximum Gasteiger partial charge on any atom is 0.0732 e. The quantitative estimate of drug-likeness (QED) is 0.894. The van der Waals surface area contributed by atoms with Crippen molar-refractivity contribution in [2.45, 2.75) is 27.3 Å². The Kier molecular flexibility index (Phi) is 4.05. The third-order valence-electron chi connectivity index (χ3n) is 2.88. The van der Waals surface area contributed by atoms with Gasteiger partial charge in [-0.15, -0.1) is 0 Å². The molecule has 0 aliphatic rings. The Morgan fingerprint density at radius 1 is 1.17 bits per heavy atom. The lowest BCUT2D eigenvalue weighted by atomic mass is 10.1. The van der Waals surface area contributed by atoms with Gasteiger partial charge in [0.15, 0.2) is 0 Å². The molecule has 2 rings (SSSR count). The Bertz CT molecular complexity index is 535. The van der Waals surface area contributed by atoms with Crippen LogP contribution in [0.5, 0.6) is 0 Å². The molecule has 3 heteroatoms. The maximum absolute atomic E-state index is 4.57. The van der Waals surface area contributed by atoms with E-state index in [1.807, 2.05) is 25.4 Å². The van der Waals surface area contributed by atoms with Crippen LogP contribution in [-0.2, 0) is 6.54 Å². The van der Waals surface area contributed by atoms with E-state index in [4.69, 9.17) is 0 Å². The highest BCUT2D eigenvalue weighted by atomic mass is 14.8. The van der Waals surface area contributed by atoms with E-state index < -0.39 is 0 Å². The van der Waals surface area contributed by atoms with Gasteiger partial charge in [0, 0.05) is 30.2 Å². The summed E-state index contributed by atoms with van der Waals surface area (Å²) < 4.78 is 0. The molecule has 3 nitrogen and oxygen atoms in total. The first-order valence-corrected chi connectivity index (χ1v) is 6.30. The number of aryl methyl sites for hydroxylation is 2. The Labute approximate surface area is 108 Å². The molecule has 0 aliphatic carbocycles. The van der Waals surface area contributed by atoms with Crippen molar-refractivity contribution in [1.29, 1.82) is 0 Å². The Morgan fingerprint density at radius 2 is 2.00 bits per heavy atom. The molecule has 0 saturated carbocycles. The summed E-state index contributed by atoms with van der Waals surface area (Å²) >= 11 is 0. The lowest BCUT2D eigenvalue weighted by Crippen LogP contribution is -2.12. The molecule has 0 aromatic carbocycles. The molecule has 2 heterocycles. The fraction of sp³-hybridized carbons (Fsp3) is 0.333. The van der Waals surface area contributed by atoms with Crippen molar-refractivity contribution < 1.29 is 0 Å². The van der Waals surface area contributed by atoms with Crippen molar-refractivity contribution >= 4 is 0 Å². The predicted octanol–water partition coefficient (Wildman–Crippen LogP) is 2.87. The van der Waals surface area contributed by atoms with Crippen LogP contribution in [0.1, 0.15) is 23.7 Å². The largest absolute Gasteiger partial charge is 0.313 e. The van der Waals surface area contributed by atoms with Crippen LogP contribution in [0, 0.1) is 13.8 Å². The molecule has 0 aliphatic heterocycles. The molecule has 0 unspecified atom stereocenters. The molecule has 1 N–H and O–H groups in total. The summed E-state index contributed by atoms with van der Waals surface area (Å²) in [6.07, 6.45) is 3.78. The van der Waals surface area contributed by atoms with Crippen LogP contribution in [0.4, 0.5) is 0 Å². The first kappa shape index (κ1) is 12.7. The van der Waals surface area contributed by atoms with Crippen LogP contribution in [0.25, 0.3) is 11.3 Å². The van der Waals surface area contributed by atoms with Crippen LogP contribution in [0.15, 0.2) is 30.6 Å². The van der Waals surface area contributed by atoms with Crippen LogP contribution in [-0.4, -0.2) is 16.5 Å². The molecular formula is C15H19N3. The van der Waals surface area contributed by atoms with Crippen molar-refractivity contribution in [2.24, 2.45) is 0 Å². The van der Waals surface area contributed by atoms with Crippen molar-refractivity contribution in [1.82, 2.24) is 15.3 Å². The summed E-state index contributed by atoms with van der Waals surface area (Å²) in [6, 6.07) is 6.27. The van der Waals surface area contributed by atoms with E-state index >= 15 is 0 Å². The minimum atomic E-state index is 0.875. The molecule has 2 aromatic rings. The minimum Gasteiger partial charge on any atom is -0.313 e. The van der Waals surface area contributed by atoms with Crippen molar-refractivity contribution in [3.8, 4) is 11.3 Å². The van der Waals surface area contributed by atoms with Gasteiger partial charge >= 0.3 is 0 Å². The van der Waals surface area contributed by atoms with Crippen LogP contribution >= 0.6 is 0 Å². The first-order chi connectivity index (χ1) is 8.70. The molecule has 0 atom stereocenters. The second kappa shape index (κ2) is 5.74. The molecular weight excluding hydrogens is 222 g/mol. The van der Waals surface area contributed by atoms with E-state index in [0.717, 1.165) is 30.0 Å². The van der Waals surface area contributed by atoms with Gasteiger partial charge in [0.1, 0.15) is 0 Å². The van der Waals surface area contributed by atoms with Gasteiger partial charge < -0.3 is 5.32 Å². The van der Waals surface area contributed by atoms with Gasteiger partial charge in [0.2, 0.25) is 0 Å². The van der Waals surface area contributed by atoms with Gasteiger partial charge in [-0.1, -0.05) is 13.0 Å². The topological polar surface area (TPSA) is 37.8 Å². The minimum absolute atomic E-state index is 0.875. The molecule has 0 radical (unpaired) electrons. The number of aromatic nitrogens is 2. The van der Waals surface area contributed by atoms with Gasteiger partial charge in [-0.25, -0.2) is 0 Å². The predicted molar refractivity (Wildman–Crippen MR) is 74.3 cm³/mol. The molecule has 94 valence electrons. The van der Waals surface area contributed by atoms with E-state index in [9.17, 15) is 0 Å². The van der Waals surface area contributed by atoms with Crippen LogP contribution in [0.3, 0.4) is 0 Å². The lowest BCUT2D eigenvalue weighted by molar-refractivity contribution is 0.724. The second-order valence-corrected chi connectivity index (χ2v) is 4.48. The number of rotatable bonds is 4. The van der Waals surface area contributed by atoms with Gasteiger partial charge in [0.25, 0.3) is 0 Å². The molecule has 0 bridgehead atoms. The average Bonchev–Trinajstić information content (AvgIpc) is 2.36. The standard InChI is InChI=1S/C15H19N3/c1-4-16-9-13-7-11(2)15(18-10-13)14-5-6-17-12(3)8-14/h5-8,10,16H,4,9H2,1-3H3. The molecule has 0 spiro atoms. The van der Waals surface area contributed by atoms with E-state index in [2.05, 4.69) is 41.3 Å². The smallest absolute Gasteiger partial charge is 0.0732 e. The average molecular weight is 241 g/mol. The maximum atomic E-state index is 4.57. The monoisotopic (exact) mass is 241 g/mol. The zero-order valence-corrected chi connectivity index (χ0v) is 11.2. The molecule has 18 heavy (non-hydrogen) atoms. The lowest BCUT2D eigenvalue weighted by Gasteiger charge is -2.08. The summed E-state index contributed by atoms with van der Waals surface area (Å²) in [5, 5.41) is 3.31. The van der Waals surface area contributed by atoms with E-state index in [1.165, 1.54) is 11.1 Å². The van der Waals surface area contributed by atoms with Crippen molar-refractivity contribution in [3.05, 3.63) is 47.4 Å². The van der Waals surface area contributed by atoms with E-state index in [0.29, 0.717) is 0 Å². The Balaban J connectivity index is 2.29. The normalized spacial score (nSPS) is 10.6. The van der Waals surface area contributed by atoms with Gasteiger partial charge in [-0.2, -0.15) is 0 Å². The molecule has 0 saturated heterocycles. The highest BCUT2D eigenvalue weighted by Gasteiger charge is 2.05. The number of nitrogens with zero attached hydrogens (tertiary/aromatic N) is 2. The SMILES string of the molecule is CCNCc1cnc(-c2ccnc(C)c2)c(C)c1. The molecule has 2 aromatic heterocycles. The summed E-state index contributed by atoms with van der Waals surface area (Å²) in [5.74, 6) is 0. The summed E-state index contributed by atoms with van der Waals surface area (Å²) in [4.78, 5) is 8.79. The van der Waals surface area contributed by atoms with E-state index in [-0.39, 0.29) is 0 Å².